The first-order valence-corrected chi connectivity index (χ1v) is 6.90. The Hall–Kier alpha value is -2.12. The fourth-order valence-corrected chi connectivity index (χ4v) is 1.66. The van der Waals surface area contributed by atoms with Crippen molar-refractivity contribution in [1.29, 1.82) is 0 Å². The van der Waals surface area contributed by atoms with Gasteiger partial charge in [-0.15, -0.1) is 0 Å². The highest BCUT2D eigenvalue weighted by Gasteiger charge is 2.97. The minimum absolute atomic E-state index is 0.820. The van der Waals surface area contributed by atoms with Crippen LogP contribution in [-0.2, 0) is 9.53 Å². The lowest BCUT2D eigenvalue weighted by Gasteiger charge is -2.44. The standard InChI is InChI=1S/C12H3F19O2/c1-2-3(32)33-10(25,9(23,24)12(29,30)31)7(19,20)5(15,16)4(13,14)6(17,18)8(21,22)11(26,27)28/h2H,1H2. The van der Waals surface area contributed by atoms with Gasteiger partial charge in [0.15, 0.2) is 0 Å². The summed E-state index contributed by atoms with van der Waals surface area (Å²) in [6, 6.07) is 0. The molecule has 0 aromatic carbocycles. The zero-order valence-corrected chi connectivity index (χ0v) is 14.3. The lowest BCUT2D eigenvalue weighted by atomic mass is 9.88. The van der Waals surface area contributed by atoms with E-state index in [9.17, 15) is 88.2 Å². The quantitative estimate of drug-likeness (QED) is 0.205. The number of hydrogen-bond acceptors (Lipinski definition) is 2. The van der Waals surface area contributed by atoms with Crippen molar-refractivity contribution in [2.75, 3.05) is 0 Å². The number of carbonyl (C=O) groups excluding carboxylic acids is 1. The molecule has 0 saturated heterocycles. The fraction of sp³-hybridized carbons (Fsp3) is 0.750. The minimum Gasteiger partial charge on any atom is -0.413 e. The number of hydrogen-bond donors (Lipinski definition) is 0. The molecule has 0 fully saturated rings. The SMILES string of the molecule is C=CC(=O)OC(F)(C(F)(F)C(F)(F)F)C(F)(F)C(F)(F)C(F)(F)C(F)(F)C(F)(F)C(F)(F)F. The van der Waals surface area contributed by atoms with Crippen molar-refractivity contribution < 1.29 is 92.9 Å². The average Bonchev–Trinajstić information content (AvgIpc) is 2.58. The Bertz CT molecular complexity index is 760. The van der Waals surface area contributed by atoms with E-state index in [2.05, 4.69) is 11.3 Å². The summed E-state index contributed by atoms with van der Waals surface area (Å²) in [4.78, 5) is 10.6. The molecule has 2 nitrogen and oxygen atoms in total. The Balaban J connectivity index is 7.29. The summed E-state index contributed by atoms with van der Waals surface area (Å²) in [6.07, 6.45) is -16.6. The smallest absolute Gasteiger partial charge is 0.413 e. The highest BCUT2D eigenvalue weighted by atomic mass is 19.4. The van der Waals surface area contributed by atoms with E-state index in [0.717, 1.165) is 0 Å². The third kappa shape index (κ3) is 3.93. The van der Waals surface area contributed by atoms with E-state index in [1.54, 1.807) is 0 Å². The maximum Gasteiger partial charge on any atom is 0.461 e. The number of rotatable bonds is 8. The summed E-state index contributed by atoms with van der Waals surface area (Å²) >= 11 is 0. The molecule has 1 atom stereocenters. The molecule has 0 saturated carbocycles. The summed E-state index contributed by atoms with van der Waals surface area (Å²) in [6.45, 7) is 2.09. The molecule has 0 aliphatic carbocycles. The van der Waals surface area contributed by atoms with Gasteiger partial charge in [0.05, 0.1) is 0 Å². The van der Waals surface area contributed by atoms with Gasteiger partial charge in [0.25, 0.3) is 0 Å². The van der Waals surface area contributed by atoms with E-state index < -0.39 is 65.8 Å². The number of ether oxygens (including phenoxy) is 1. The average molecular weight is 540 g/mol. The highest BCUT2D eigenvalue weighted by Crippen LogP contribution is 2.65. The first kappa shape index (κ1) is 30.9. The number of halogens is 19. The van der Waals surface area contributed by atoms with Crippen LogP contribution in [0, 0.1) is 0 Å². The van der Waals surface area contributed by atoms with Crippen LogP contribution in [0.4, 0.5) is 83.4 Å². The third-order valence-electron chi connectivity index (χ3n) is 3.50. The summed E-state index contributed by atoms with van der Waals surface area (Å²) < 4.78 is 248. The van der Waals surface area contributed by atoms with Gasteiger partial charge < -0.3 is 4.74 Å². The van der Waals surface area contributed by atoms with Crippen LogP contribution in [0.2, 0.25) is 0 Å². The summed E-state index contributed by atoms with van der Waals surface area (Å²) in [7, 11) is 0. The van der Waals surface area contributed by atoms with Crippen LogP contribution in [0.1, 0.15) is 0 Å². The van der Waals surface area contributed by atoms with Crippen LogP contribution in [-0.4, -0.2) is 59.7 Å². The van der Waals surface area contributed by atoms with Crippen molar-refractivity contribution >= 4 is 5.97 Å². The predicted molar refractivity (Wildman–Crippen MR) is 61.9 cm³/mol. The monoisotopic (exact) mass is 540 g/mol. The zero-order valence-electron chi connectivity index (χ0n) is 14.3. The summed E-state index contributed by atoms with van der Waals surface area (Å²) in [5, 5.41) is 0. The third-order valence-corrected chi connectivity index (χ3v) is 3.50. The largest absolute Gasteiger partial charge is 0.461 e. The van der Waals surface area contributed by atoms with Crippen molar-refractivity contribution in [2.45, 2.75) is 53.7 Å². The number of esters is 1. The second kappa shape index (κ2) is 7.70. The van der Waals surface area contributed by atoms with Crippen molar-refractivity contribution in [3.63, 3.8) is 0 Å². The van der Waals surface area contributed by atoms with Gasteiger partial charge in [-0.1, -0.05) is 6.58 Å². The van der Waals surface area contributed by atoms with E-state index >= 15 is 0 Å². The number of carbonyl (C=O) groups is 1. The van der Waals surface area contributed by atoms with E-state index in [-0.39, 0.29) is 0 Å². The van der Waals surface area contributed by atoms with E-state index in [0.29, 0.717) is 0 Å². The Morgan fingerprint density at radius 3 is 1.03 bits per heavy atom. The van der Waals surface area contributed by atoms with Gasteiger partial charge in [-0.2, -0.15) is 83.4 Å². The van der Waals surface area contributed by atoms with Crippen molar-refractivity contribution in [3.05, 3.63) is 12.7 Å². The maximum absolute atomic E-state index is 14.0. The van der Waals surface area contributed by atoms with E-state index in [4.69, 9.17) is 0 Å². The van der Waals surface area contributed by atoms with Crippen LogP contribution in [0.15, 0.2) is 12.7 Å². The van der Waals surface area contributed by atoms with Gasteiger partial charge in [0.1, 0.15) is 0 Å². The van der Waals surface area contributed by atoms with Gasteiger partial charge in [-0.05, 0) is 0 Å². The molecular weight excluding hydrogens is 537 g/mol. The molecule has 0 heterocycles. The van der Waals surface area contributed by atoms with E-state index in [1.165, 1.54) is 0 Å². The molecular formula is C12H3F19O2. The molecule has 0 radical (unpaired) electrons. The number of alkyl halides is 19. The van der Waals surface area contributed by atoms with Crippen LogP contribution < -0.4 is 0 Å². The van der Waals surface area contributed by atoms with Gasteiger partial charge in [-0.25, -0.2) is 4.79 Å². The summed E-state index contributed by atoms with van der Waals surface area (Å²) in [5.74, 6) is -63.5. The molecule has 0 amide bonds. The van der Waals surface area contributed by atoms with Crippen molar-refractivity contribution in [3.8, 4) is 0 Å². The molecule has 0 aliphatic heterocycles. The molecule has 21 heteroatoms. The van der Waals surface area contributed by atoms with Gasteiger partial charge in [-0.3, -0.25) is 0 Å². The van der Waals surface area contributed by atoms with Crippen molar-refractivity contribution in [2.24, 2.45) is 0 Å². The maximum atomic E-state index is 14.0. The lowest BCUT2D eigenvalue weighted by Crippen LogP contribution is -2.77. The van der Waals surface area contributed by atoms with Crippen LogP contribution in [0.3, 0.4) is 0 Å². The predicted octanol–water partition coefficient (Wildman–Crippen LogP) is 6.32. The summed E-state index contributed by atoms with van der Waals surface area (Å²) in [5.41, 5.74) is 0. The Morgan fingerprint density at radius 2 is 0.758 bits per heavy atom. The second-order valence-electron chi connectivity index (χ2n) is 5.66. The normalized spacial score (nSPS) is 17.4. The Morgan fingerprint density at radius 1 is 0.485 bits per heavy atom. The molecule has 0 spiro atoms. The molecule has 0 rings (SSSR count). The molecule has 0 aromatic heterocycles. The van der Waals surface area contributed by atoms with Gasteiger partial charge in [0.2, 0.25) is 0 Å². The molecule has 0 N–H and O–H groups in total. The lowest BCUT2D eigenvalue weighted by molar-refractivity contribution is -0.483. The molecule has 196 valence electrons. The first-order chi connectivity index (χ1) is 14.0. The van der Waals surface area contributed by atoms with Crippen LogP contribution >= 0.6 is 0 Å². The molecule has 33 heavy (non-hydrogen) atoms. The van der Waals surface area contributed by atoms with Gasteiger partial charge in [0, 0.05) is 6.08 Å². The zero-order chi connectivity index (χ0) is 27.5. The first-order valence-electron chi connectivity index (χ1n) is 6.90. The van der Waals surface area contributed by atoms with Gasteiger partial charge >= 0.3 is 59.7 Å². The van der Waals surface area contributed by atoms with Crippen LogP contribution in [0.25, 0.3) is 0 Å². The van der Waals surface area contributed by atoms with Crippen LogP contribution in [0.5, 0.6) is 0 Å². The Labute approximate surface area is 166 Å². The minimum atomic E-state index is -8.97. The Kier molecular flexibility index (Phi) is 7.21. The fourth-order valence-electron chi connectivity index (χ4n) is 1.66. The molecule has 0 aromatic rings. The topological polar surface area (TPSA) is 26.3 Å². The second-order valence-corrected chi connectivity index (χ2v) is 5.66. The molecule has 1 unspecified atom stereocenters. The molecule has 0 bridgehead atoms. The highest BCUT2D eigenvalue weighted by molar-refractivity contribution is 5.81. The van der Waals surface area contributed by atoms with E-state index in [1.807, 2.05) is 0 Å². The van der Waals surface area contributed by atoms with Crippen molar-refractivity contribution in [1.82, 2.24) is 0 Å². The molecule has 0 aliphatic rings.